The first-order valence-electron chi connectivity index (χ1n) is 23.3. The summed E-state index contributed by atoms with van der Waals surface area (Å²) >= 11 is 6.25. The van der Waals surface area contributed by atoms with Gasteiger partial charge in [-0.1, -0.05) is 43.2 Å². The number of fused-ring (bicyclic) bond motifs is 2. The average Bonchev–Trinajstić information content (AvgIpc) is 3.80. The Balaban J connectivity index is 0.909. The summed E-state index contributed by atoms with van der Waals surface area (Å²) < 4.78 is 74.7. The number of ether oxygens (including phenoxy) is 3. The number of morpholine rings is 1. The van der Waals surface area contributed by atoms with Crippen molar-refractivity contribution in [3.05, 3.63) is 117 Å². The van der Waals surface area contributed by atoms with Crippen molar-refractivity contribution in [2.45, 2.75) is 57.3 Å². The fourth-order valence-corrected chi connectivity index (χ4v) is 12.3. The van der Waals surface area contributed by atoms with Crippen LogP contribution in [0.5, 0.6) is 17.2 Å². The zero-order valence-electron chi connectivity index (χ0n) is 38.6. The first-order chi connectivity index (χ1) is 33.0. The third kappa shape index (κ3) is 11.2. The van der Waals surface area contributed by atoms with Crippen molar-refractivity contribution in [1.29, 1.82) is 0 Å². The topological polar surface area (TPSA) is 207 Å². The van der Waals surface area contributed by atoms with Gasteiger partial charge in [0.1, 0.15) is 22.9 Å². The van der Waals surface area contributed by atoms with Gasteiger partial charge < -0.3 is 24.1 Å². The molecule has 4 aliphatic rings. The molecule has 0 unspecified atom stereocenters. The van der Waals surface area contributed by atoms with Crippen molar-refractivity contribution in [1.82, 2.24) is 23.9 Å². The fraction of sp³-hybridized carbons (Fsp3) is 0.429. The number of H-pyrrole nitrogens is 1. The minimum absolute atomic E-state index is 0.0109. The zero-order valence-corrected chi connectivity index (χ0v) is 41.0. The monoisotopic (exact) mass is 1000 g/mol. The SMILES string of the molecule is CC1(C)CCC(CN2CCN(c3ccc(C(=O)NS(=O)(=O)c4cc5c(c([N+](=O)[O-])c4)C[C@H](CCCS(=O)(=O)N4CCOCC4)CO5)c(Oc4cnc5[nH]ccc5c4)c3)CC2)=C(c2ccc(Cl)cc2)C1. The number of sulfonamides is 2. The second-order valence-electron chi connectivity index (χ2n) is 19.0. The Labute approximate surface area is 407 Å². The smallest absolute Gasteiger partial charge is 0.277 e. The molecule has 20 heteroatoms. The first kappa shape index (κ1) is 48.5. The quantitative estimate of drug-likeness (QED) is 0.0759. The van der Waals surface area contributed by atoms with E-state index >= 15 is 0 Å². The molecule has 2 fully saturated rings. The highest BCUT2D eigenvalue weighted by atomic mass is 35.5. The maximum Gasteiger partial charge on any atom is 0.277 e. The van der Waals surface area contributed by atoms with Crippen LogP contribution < -0.4 is 19.1 Å². The number of benzene rings is 3. The third-order valence-corrected chi connectivity index (χ3v) is 17.1. The molecule has 0 saturated carbocycles. The van der Waals surface area contributed by atoms with E-state index in [1.807, 2.05) is 18.2 Å². The summed E-state index contributed by atoms with van der Waals surface area (Å²) in [7, 11) is -8.19. The highest BCUT2D eigenvalue weighted by Crippen LogP contribution is 2.44. The summed E-state index contributed by atoms with van der Waals surface area (Å²) in [5.74, 6) is -0.904. The number of amides is 1. The van der Waals surface area contributed by atoms with Gasteiger partial charge in [-0.15, -0.1) is 0 Å². The van der Waals surface area contributed by atoms with E-state index in [-0.39, 0.29) is 52.7 Å². The van der Waals surface area contributed by atoms with Gasteiger partial charge in [0, 0.05) is 86.3 Å². The van der Waals surface area contributed by atoms with Crippen LogP contribution in [0, 0.1) is 21.4 Å². The summed E-state index contributed by atoms with van der Waals surface area (Å²) in [5.41, 5.74) is 5.33. The molecule has 2 aromatic heterocycles. The molecular formula is C49H56ClN7O10S2. The highest BCUT2D eigenvalue weighted by Gasteiger charge is 2.34. The Hall–Kier alpha value is -5.57. The van der Waals surface area contributed by atoms with Crippen LogP contribution in [0.3, 0.4) is 0 Å². The Morgan fingerprint density at radius 1 is 1.00 bits per heavy atom. The van der Waals surface area contributed by atoms with Crippen LogP contribution in [0.4, 0.5) is 11.4 Å². The predicted molar refractivity (Wildman–Crippen MR) is 263 cm³/mol. The molecule has 0 spiro atoms. The minimum atomic E-state index is -4.70. The Kier molecular flexibility index (Phi) is 14.1. The van der Waals surface area contributed by atoms with Gasteiger partial charge in [0.2, 0.25) is 10.0 Å². The molecule has 9 rings (SSSR count). The molecule has 2 saturated heterocycles. The van der Waals surface area contributed by atoms with Gasteiger partial charge in [0.05, 0.1) is 52.7 Å². The number of hydrogen-bond donors (Lipinski definition) is 2. The summed E-state index contributed by atoms with van der Waals surface area (Å²) in [5, 5.41) is 13.9. The van der Waals surface area contributed by atoms with E-state index in [1.165, 1.54) is 39.3 Å². The Bertz CT molecular complexity index is 3000. The van der Waals surface area contributed by atoms with E-state index < -0.39 is 41.5 Å². The van der Waals surface area contributed by atoms with Crippen molar-refractivity contribution >= 4 is 65.5 Å². The van der Waals surface area contributed by atoms with E-state index in [2.05, 4.69) is 50.5 Å². The second-order valence-corrected chi connectivity index (χ2v) is 23.2. The van der Waals surface area contributed by atoms with E-state index in [1.54, 1.807) is 24.4 Å². The first-order valence-corrected chi connectivity index (χ1v) is 26.7. The van der Waals surface area contributed by atoms with Crippen LogP contribution in [0.2, 0.25) is 5.02 Å². The van der Waals surface area contributed by atoms with E-state index in [9.17, 15) is 31.7 Å². The van der Waals surface area contributed by atoms with Gasteiger partial charge in [-0.25, -0.2) is 26.5 Å². The number of pyridine rings is 1. The van der Waals surface area contributed by atoms with Crippen LogP contribution in [0.25, 0.3) is 16.6 Å². The van der Waals surface area contributed by atoms with Crippen LogP contribution in [-0.4, -0.2) is 118 Å². The van der Waals surface area contributed by atoms with Crippen LogP contribution in [-0.2, 0) is 31.2 Å². The molecule has 1 atom stereocenters. The summed E-state index contributed by atoms with van der Waals surface area (Å²) in [6, 6.07) is 18.8. The number of carbonyl (C=O) groups is 1. The van der Waals surface area contributed by atoms with Crippen molar-refractivity contribution in [3.8, 4) is 17.2 Å². The molecule has 366 valence electrons. The number of nitro benzene ring substituents is 1. The maximum absolute atomic E-state index is 14.1. The number of allylic oxidation sites excluding steroid dienone is 1. The molecule has 2 N–H and O–H groups in total. The Morgan fingerprint density at radius 3 is 2.52 bits per heavy atom. The lowest BCUT2D eigenvalue weighted by atomic mass is 9.72. The van der Waals surface area contributed by atoms with Gasteiger partial charge in [0.15, 0.2) is 0 Å². The maximum atomic E-state index is 14.1. The standard InChI is InChI=1S/C49H56ClN7O10S2/c1-49(2)13-11-36(43(29-49)34-5-7-37(50)8-6-34)31-54-15-17-55(18-16-54)38-9-10-41(46(26-38)67-39-25-35-12-14-51-47(35)52-30-39)48(58)53-69(63,64)40-27-44(57(59)60)42-24-33(32-66-45(42)28-40)4-3-23-68(61,62)56-19-21-65-22-20-56/h5-10,12,14,25-28,30,33H,3-4,11,13,15-24,29,31-32H2,1-2H3,(H,51,52)(H,53,58)/t33-/m0/s1. The number of nitro groups is 1. The number of anilines is 1. The molecule has 0 radical (unpaired) electrons. The van der Waals surface area contributed by atoms with Gasteiger partial charge in [-0.05, 0) is 97.4 Å². The van der Waals surface area contributed by atoms with Crippen LogP contribution in [0.15, 0.2) is 89.6 Å². The fourth-order valence-electron chi connectivity index (χ4n) is 9.72. The van der Waals surface area contributed by atoms with Gasteiger partial charge in [-0.2, -0.15) is 4.31 Å². The summed E-state index contributed by atoms with van der Waals surface area (Å²) in [6.07, 6.45) is 7.32. The number of aromatic nitrogens is 2. The number of carbonyl (C=O) groups excluding carboxylic acids is 1. The summed E-state index contributed by atoms with van der Waals surface area (Å²) in [4.78, 5) is 37.5. The molecule has 5 heterocycles. The number of rotatable bonds is 15. The molecule has 3 aromatic carbocycles. The molecule has 3 aliphatic heterocycles. The molecular weight excluding hydrogens is 946 g/mol. The van der Waals surface area contributed by atoms with E-state index in [0.717, 1.165) is 56.0 Å². The lowest BCUT2D eigenvalue weighted by Gasteiger charge is -2.39. The molecule has 69 heavy (non-hydrogen) atoms. The lowest BCUT2D eigenvalue weighted by Crippen LogP contribution is -2.47. The minimum Gasteiger partial charge on any atom is -0.493 e. The number of nitrogens with zero attached hydrogens (tertiary/aromatic N) is 5. The normalized spacial score (nSPS) is 19.2. The molecule has 17 nitrogen and oxygen atoms in total. The Morgan fingerprint density at radius 2 is 1.77 bits per heavy atom. The molecule has 1 amide bonds. The average molecular weight is 1000 g/mol. The third-order valence-electron chi connectivity index (χ3n) is 13.6. The lowest BCUT2D eigenvalue weighted by molar-refractivity contribution is -0.386. The van der Waals surface area contributed by atoms with Gasteiger partial charge in [0.25, 0.3) is 21.6 Å². The van der Waals surface area contributed by atoms with Gasteiger partial charge >= 0.3 is 0 Å². The summed E-state index contributed by atoms with van der Waals surface area (Å²) in [6.45, 7) is 9.88. The van der Waals surface area contributed by atoms with Gasteiger partial charge in [-0.3, -0.25) is 19.8 Å². The van der Waals surface area contributed by atoms with Crippen molar-refractivity contribution in [2.75, 3.05) is 76.3 Å². The molecule has 1 aliphatic carbocycles. The number of halogens is 1. The number of nitrogens with one attached hydrogen (secondary N) is 2. The number of aromatic amines is 1. The van der Waals surface area contributed by atoms with Crippen LogP contribution in [0.1, 0.15) is 67.4 Å². The largest absolute Gasteiger partial charge is 0.493 e. The number of hydrogen-bond acceptors (Lipinski definition) is 13. The number of piperazine rings is 1. The van der Waals surface area contributed by atoms with Crippen LogP contribution >= 0.6 is 11.6 Å². The van der Waals surface area contributed by atoms with E-state index in [0.29, 0.717) is 68.7 Å². The zero-order chi connectivity index (χ0) is 48.5. The van der Waals surface area contributed by atoms with Crippen molar-refractivity contribution in [3.63, 3.8) is 0 Å². The van der Waals surface area contributed by atoms with E-state index in [4.69, 9.17) is 25.8 Å². The molecule has 0 bridgehead atoms. The predicted octanol–water partition coefficient (Wildman–Crippen LogP) is 7.81. The van der Waals surface area contributed by atoms with Crippen molar-refractivity contribution < 1.29 is 40.8 Å². The molecule has 5 aromatic rings. The highest BCUT2D eigenvalue weighted by molar-refractivity contribution is 7.90. The second kappa shape index (κ2) is 20.0. The van der Waals surface area contributed by atoms with Crippen molar-refractivity contribution in [2.24, 2.45) is 11.3 Å².